The van der Waals surface area contributed by atoms with Crippen molar-refractivity contribution in [3.63, 3.8) is 0 Å². The smallest absolute Gasteiger partial charge is 0.327 e. The summed E-state index contributed by atoms with van der Waals surface area (Å²) in [6.07, 6.45) is 1.90. The number of hydrogen-bond donors (Lipinski definition) is 0. The summed E-state index contributed by atoms with van der Waals surface area (Å²) in [6, 6.07) is 11.4. The zero-order valence-electron chi connectivity index (χ0n) is 16.9. The van der Waals surface area contributed by atoms with Crippen molar-refractivity contribution < 1.29 is 17.9 Å². The Morgan fingerprint density at radius 1 is 1.14 bits per heavy atom. The van der Waals surface area contributed by atoms with Crippen LogP contribution < -0.4 is 0 Å². The predicted octanol–water partition coefficient (Wildman–Crippen LogP) is 4.12. The van der Waals surface area contributed by atoms with Gasteiger partial charge in [0, 0.05) is 11.1 Å². The summed E-state index contributed by atoms with van der Waals surface area (Å²) < 4.78 is 31.0. The number of carbonyl (C=O) groups excluding carboxylic acids is 1. The number of ether oxygens (including phenoxy) is 1. The highest BCUT2D eigenvalue weighted by Crippen LogP contribution is 2.36. The van der Waals surface area contributed by atoms with Crippen molar-refractivity contribution in [3.05, 3.63) is 47.7 Å². The molecule has 6 nitrogen and oxygen atoms in total. The lowest BCUT2D eigenvalue weighted by atomic mass is 10.1. The lowest BCUT2D eigenvalue weighted by Crippen LogP contribution is -2.15. The van der Waals surface area contributed by atoms with Crippen LogP contribution in [0.5, 0.6) is 0 Å². The van der Waals surface area contributed by atoms with Crippen LogP contribution in [0.1, 0.15) is 25.1 Å². The van der Waals surface area contributed by atoms with Gasteiger partial charge in [-0.15, -0.1) is 11.3 Å². The van der Waals surface area contributed by atoms with E-state index in [0.717, 1.165) is 32.3 Å². The predicted molar refractivity (Wildman–Crippen MR) is 115 cm³/mol. The third kappa shape index (κ3) is 4.76. The first-order valence-corrected chi connectivity index (χ1v) is 12.1. The van der Waals surface area contributed by atoms with E-state index in [9.17, 15) is 13.2 Å². The topological polar surface area (TPSA) is 78.3 Å². The Labute approximate surface area is 175 Å². The van der Waals surface area contributed by atoms with E-state index in [2.05, 4.69) is 5.10 Å². The number of hydrogen-bond acceptors (Lipinski definition) is 6. The first-order chi connectivity index (χ1) is 13.7. The Kier molecular flexibility index (Phi) is 6.24. The first kappa shape index (κ1) is 21.3. The van der Waals surface area contributed by atoms with E-state index in [4.69, 9.17) is 4.74 Å². The lowest BCUT2D eigenvalue weighted by Gasteiger charge is -2.08. The number of aryl methyl sites for hydroxylation is 2. The van der Waals surface area contributed by atoms with Gasteiger partial charge in [-0.3, -0.25) is 9.48 Å². The minimum Gasteiger partial charge on any atom is -0.465 e. The molecule has 2 aromatic heterocycles. The minimum atomic E-state index is -3.30. The van der Waals surface area contributed by atoms with Gasteiger partial charge in [0.05, 0.1) is 27.8 Å². The molecule has 0 aliphatic carbocycles. The summed E-state index contributed by atoms with van der Waals surface area (Å²) in [6.45, 7) is 5.97. The van der Waals surface area contributed by atoms with Gasteiger partial charge < -0.3 is 4.74 Å². The molecule has 2 heterocycles. The molecule has 0 atom stereocenters. The Morgan fingerprint density at radius 3 is 2.52 bits per heavy atom. The molecule has 1 aromatic carbocycles. The number of carbonyl (C=O) groups is 1. The number of rotatable bonds is 7. The van der Waals surface area contributed by atoms with Crippen LogP contribution in [-0.2, 0) is 32.3 Å². The zero-order chi connectivity index (χ0) is 21.2. The van der Waals surface area contributed by atoms with Gasteiger partial charge in [0.15, 0.2) is 9.84 Å². The van der Waals surface area contributed by atoms with Crippen LogP contribution in [0.15, 0.2) is 41.3 Å². The molecule has 0 spiro atoms. The van der Waals surface area contributed by atoms with Crippen molar-refractivity contribution in [2.75, 3.05) is 12.9 Å². The second-order valence-electron chi connectivity index (χ2n) is 6.75. The van der Waals surface area contributed by atoms with Crippen LogP contribution in [0, 0.1) is 6.92 Å². The molecule has 0 saturated heterocycles. The van der Waals surface area contributed by atoms with Crippen LogP contribution in [-0.4, -0.2) is 37.0 Å². The van der Waals surface area contributed by atoms with Crippen LogP contribution in [0.3, 0.4) is 0 Å². The van der Waals surface area contributed by atoms with E-state index in [0.29, 0.717) is 17.9 Å². The SMILES string of the molecule is CCOC(=O)Cn1nc(C)cc1-c1ccc(-c2ccc(CC)c(S(C)(=O)=O)c2)s1. The summed E-state index contributed by atoms with van der Waals surface area (Å²) >= 11 is 1.53. The summed E-state index contributed by atoms with van der Waals surface area (Å²) in [4.78, 5) is 14.2. The third-order valence-electron chi connectivity index (χ3n) is 4.48. The molecule has 154 valence electrons. The second kappa shape index (κ2) is 8.51. The molecule has 0 fully saturated rings. The van der Waals surface area contributed by atoms with Crippen LogP contribution >= 0.6 is 11.3 Å². The van der Waals surface area contributed by atoms with Gasteiger partial charge in [-0.2, -0.15) is 5.10 Å². The number of esters is 1. The molecule has 3 aromatic rings. The Bertz CT molecular complexity index is 1140. The molecular weight excluding hydrogens is 408 g/mol. The minimum absolute atomic E-state index is 0.0493. The Morgan fingerprint density at radius 2 is 1.86 bits per heavy atom. The molecule has 0 bridgehead atoms. The maximum absolute atomic E-state index is 12.2. The highest BCUT2D eigenvalue weighted by atomic mass is 32.2. The maximum atomic E-state index is 12.2. The monoisotopic (exact) mass is 432 g/mol. The molecule has 0 N–H and O–H groups in total. The average Bonchev–Trinajstić information content (AvgIpc) is 3.27. The summed E-state index contributed by atoms with van der Waals surface area (Å²) in [7, 11) is -3.30. The normalized spacial score (nSPS) is 11.6. The Hall–Kier alpha value is -2.45. The van der Waals surface area contributed by atoms with Crippen molar-refractivity contribution >= 4 is 27.1 Å². The standard InChI is InChI=1S/C21H24N2O4S2/c1-5-15-7-8-16(12-20(15)29(4,25)26)18-9-10-19(28-18)17-11-14(3)22-23(17)13-21(24)27-6-2/h7-12H,5-6,13H2,1-4H3. The van der Waals surface area contributed by atoms with Crippen molar-refractivity contribution in [1.82, 2.24) is 9.78 Å². The van der Waals surface area contributed by atoms with E-state index in [-0.39, 0.29) is 12.5 Å². The summed E-state index contributed by atoms with van der Waals surface area (Å²) in [5.41, 5.74) is 3.31. The number of aromatic nitrogens is 2. The molecule has 0 amide bonds. The fraction of sp³-hybridized carbons (Fsp3) is 0.333. The van der Waals surface area contributed by atoms with Crippen LogP contribution in [0.2, 0.25) is 0 Å². The van der Waals surface area contributed by atoms with E-state index < -0.39 is 9.84 Å². The number of thiophene rings is 1. The number of benzene rings is 1. The number of nitrogens with zero attached hydrogens (tertiary/aromatic N) is 2. The van der Waals surface area contributed by atoms with Gasteiger partial charge in [0.2, 0.25) is 0 Å². The molecule has 0 aliphatic heterocycles. The van der Waals surface area contributed by atoms with Gasteiger partial charge in [-0.25, -0.2) is 8.42 Å². The van der Waals surface area contributed by atoms with Crippen molar-refractivity contribution in [2.24, 2.45) is 0 Å². The van der Waals surface area contributed by atoms with Crippen LogP contribution in [0.4, 0.5) is 0 Å². The van der Waals surface area contributed by atoms with Crippen molar-refractivity contribution in [2.45, 2.75) is 38.6 Å². The van der Waals surface area contributed by atoms with Gasteiger partial charge in [-0.05, 0) is 55.7 Å². The molecule has 0 aliphatic rings. The fourth-order valence-electron chi connectivity index (χ4n) is 3.17. The van der Waals surface area contributed by atoms with Gasteiger partial charge in [0.25, 0.3) is 0 Å². The fourth-order valence-corrected chi connectivity index (χ4v) is 5.22. The van der Waals surface area contributed by atoms with Gasteiger partial charge >= 0.3 is 5.97 Å². The van der Waals surface area contributed by atoms with Crippen molar-refractivity contribution in [1.29, 1.82) is 0 Å². The molecule has 0 radical (unpaired) electrons. The van der Waals surface area contributed by atoms with E-state index in [1.165, 1.54) is 17.6 Å². The largest absolute Gasteiger partial charge is 0.465 e. The van der Waals surface area contributed by atoms with E-state index in [1.54, 1.807) is 17.7 Å². The highest BCUT2D eigenvalue weighted by Gasteiger charge is 2.17. The Balaban J connectivity index is 1.98. The number of sulfone groups is 1. The molecule has 0 unspecified atom stereocenters. The molecule has 3 rings (SSSR count). The van der Waals surface area contributed by atoms with Crippen LogP contribution in [0.25, 0.3) is 21.0 Å². The van der Waals surface area contributed by atoms with Gasteiger partial charge in [-0.1, -0.05) is 19.1 Å². The molecule has 0 saturated carbocycles. The van der Waals surface area contributed by atoms with E-state index in [1.807, 2.05) is 44.2 Å². The molecular formula is C21H24N2O4S2. The zero-order valence-corrected chi connectivity index (χ0v) is 18.6. The quantitative estimate of drug-likeness (QED) is 0.525. The maximum Gasteiger partial charge on any atom is 0.327 e. The molecule has 8 heteroatoms. The van der Waals surface area contributed by atoms with Crippen molar-refractivity contribution in [3.8, 4) is 21.0 Å². The third-order valence-corrected chi connectivity index (χ3v) is 6.81. The summed E-state index contributed by atoms with van der Waals surface area (Å²) in [5, 5.41) is 4.40. The molecule has 29 heavy (non-hydrogen) atoms. The second-order valence-corrected chi connectivity index (χ2v) is 9.81. The highest BCUT2D eigenvalue weighted by molar-refractivity contribution is 7.90. The lowest BCUT2D eigenvalue weighted by molar-refractivity contribution is -0.144. The van der Waals surface area contributed by atoms with Gasteiger partial charge in [0.1, 0.15) is 6.54 Å². The average molecular weight is 433 g/mol. The summed E-state index contributed by atoms with van der Waals surface area (Å²) in [5.74, 6) is -0.332. The van der Waals surface area contributed by atoms with E-state index >= 15 is 0 Å². The first-order valence-electron chi connectivity index (χ1n) is 9.36.